The van der Waals surface area contributed by atoms with Gasteiger partial charge in [0.05, 0.1) is 34.3 Å². The molecular weight excluding hydrogens is 561 g/mol. The van der Waals surface area contributed by atoms with E-state index >= 15 is 4.39 Å². The highest BCUT2D eigenvalue weighted by Gasteiger charge is 2.49. The van der Waals surface area contributed by atoms with Gasteiger partial charge in [-0.05, 0) is 88.4 Å². The quantitative estimate of drug-likeness (QED) is 0.306. The molecule has 0 spiro atoms. The number of halogens is 1. The van der Waals surface area contributed by atoms with Crippen LogP contribution in [0, 0.1) is 12.7 Å². The van der Waals surface area contributed by atoms with Crippen LogP contribution < -0.4 is 9.64 Å². The number of rotatable bonds is 7. The minimum absolute atomic E-state index is 0.135. The highest BCUT2D eigenvalue weighted by Crippen LogP contribution is 2.49. The smallest absolute Gasteiger partial charge is 0.319 e. The SMILES string of the molecule is CO[C@@H]1CN2CCC[C@]2(COc2nc(N3CCC[C@@](C)(O)C3)c3cnc(-c4c(C5CC5)c(C)cc5[nH]ncc45)c(F)c3n2)C1. The van der Waals surface area contributed by atoms with Crippen LogP contribution in [0.1, 0.15) is 68.9 Å². The lowest BCUT2D eigenvalue weighted by atomic mass is 9.92. The van der Waals surface area contributed by atoms with Crippen LogP contribution in [-0.4, -0.2) is 92.3 Å². The number of nitrogens with zero attached hydrogens (tertiary/aromatic N) is 6. The topological polar surface area (TPSA) is 113 Å². The number of benzene rings is 1. The molecule has 0 bridgehead atoms. The molecule has 4 aromatic rings. The monoisotopic (exact) mass is 601 g/mol. The number of piperidine rings is 1. The molecule has 1 aliphatic carbocycles. The molecule has 1 aromatic carbocycles. The van der Waals surface area contributed by atoms with Crippen molar-refractivity contribution in [3.05, 3.63) is 35.4 Å². The van der Waals surface area contributed by atoms with Crippen molar-refractivity contribution in [1.82, 2.24) is 30.0 Å². The van der Waals surface area contributed by atoms with Crippen LogP contribution in [0.3, 0.4) is 0 Å². The average Bonchev–Trinajstić information content (AvgIpc) is 3.43. The fourth-order valence-electron chi connectivity index (χ4n) is 8.12. The van der Waals surface area contributed by atoms with Crippen LogP contribution in [-0.2, 0) is 4.74 Å². The number of methoxy groups -OCH3 is 1. The normalized spacial score (nSPS) is 27.5. The molecule has 2 N–H and O–H groups in total. The molecule has 0 unspecified atom stereocenters. The van der Waals surface area contributed by atoms with Crippen molar-refractivity contribution < 1.29 is 19.0 Å². The van der Waals surface area contributed by atoms with Crippen molar-refractivity contribution >= 4 is 27.6 Å². The third-order valence-electron chi connectivity index (χ3n) is 10.4. The Hall–Kier alpha value is -3.41. The van der Waals surface area contributed by atoms with Crippen molar-refractivity contribution in [2.45, 2.75) is 82.0 Å². The van der Waals surface area contributed by atoms with E-state index in [0.29, 0.717) is 43.2 Å². The first-order valence-corrected chi connectivity index (χ1v) is 16.0. The van der Waals surface area contributed by atoms with Gasteiger partial charge in [0, 0.05) is 43.9 Å². The van der Waals surface area contributed by atoms with E-state index in [0.717, 1.165) is 79.2 Å². The van der Waals surface area contributed by atoms with Crippen LogP contribution in [0.15, 0.2) is 18.5 Å². The number of fused-ring (bicyclic) bond motifs is 3. The summed E-state index contributed by atoms with van der Waals surface area (Å²) in [5.74, 6) is 0.438. The summed E-state index contributed by atoms with van der Waals surface area (Å²) in [5, 5.41) is 19.7. The van der Waals surface area contributed by atoms with E-state index in [1.807, 2.05) is 11.8 Å². The second kappa shape index (κ2) is 10.3. The van der Waals surface area contributed by atoms with Crippen LogP contribution in [0.4, 0.5) is 10.2 Å². The maximum absolute atomic E-state index is 17.0. The van der Waals surface area contributed by atoms with Crippen molar-refractivity contribution in [2.75, 3.05) is 44.8 Å². The highest BCUT2D eigenvalue weighted by molar-refractivity contribution is 5.99. The van der Waals surface area contributed by atoms with Crippen LogP contribution >= 0.6 is 0 Å². The van der Waals surface area contributed by atoms with Crippen LogP contribution in [0.5, 0.6) is 6.01 Å². The number of aromatic nitrogens is 5. The minimum Gasteiger partial charge on any atom is -0.461 e. The summed E-state index contributed by atoms with van der Waals surface area (Å²) >= 11 is 0. The van der Waals surface area contributed by atoms with Gasteiger partial charge in [-0.1, -0.05) is 0 Å². The molecule has 4 fully saturated rings. The van der Waals surface area contributed by atoms with Gasteiger partial charge >= 0.3 is 6.01 Å². The number of aromatic amines is 1. The Morgan fingerprint density at radius 1 is 1.14 bits per heavy atom. The summed E-state index contributed by atoms with van der Waals surface area (Å²) in [5.41, 5.74) is 3.33. The molecule has 3 atom stereocenters. The fourth-order valence-corrected chi connectivity index (χ4v) is 8.12. The maximum Gasteiger partial charge on any atom is 0.319 e. The van der Waals surface area contributed by atoms with Gasteiger partial charge in [-0.3, -0.25) is 15.0 Å². The Morgan fingerprint density at radius 3 is 2.77 bits per heavy atom. The molecule has 10 nitrogen and oxygen atoms in total. The second-order valence-electron chi connectivity index (χ2n) is 13.7. The standard InChI is InChI=1S/C33H40FN7O3/c1-19-12-24-22(15-36-39-24)26(25(19)20-6-7-20)29-27(34)28-23(14-35-29)30(40-10-4-8-32(2,42)17-40)38-31(37-28)44-18-33-9-5-11-41(33)16-21(13-33)43-3/h12,14-15,20-21,42H,4-11,13,16-18H2,1-3H3,(H,36,39)/t21-,32+,33+/m0/s1. The molecule has 8 rings (SSSR count). The first-order valence-electron chi connectivity index (χ1n) is 16.0. The molecule has 3 aliphatic heterocycles. The molecule has 44 heavy (non-hydrogen) atoms. The van der Waals surface area contributed by atoms with Gasteiger partial charge in [0.15, 0.2) is 5.82 Å². The van der Waals surface area contributed by atoms with Gasteiger partial charge in [0.25, 0.3) is 0 Å². The molecule has 0 radical (unpaired) electrons. The van der Waals surface area contributed by atoms with E-state index < -0.39 is 11.4 Å². The van der Waals surface area contributed by atoms with Gasteiger partial charge in [0.2, 0.25) is 0 Å². The summed E-state index contributed by atoms with van der Waals surface area (Å²) in [6, 6.07) is 2.24. The Morgan fingerprint density at radius 2 is 1.98 bits per heavy atom. The van der Waals surface area contributed by atoms with E-state index in [2.05, 4.69) is 28.1 Å². The Labute approximate surface area is 256 Å². The number of aliphatic hydroxyl groups is 1. The lowest BCUT2D eigenvalue weighted by molar-refractivity contribution is 0.0447. The Bertz CT molecular complexity index is 1750. The molecule has 3 aromatic heterocycles. The molecule has 1 saturated carbocycles. The summed E-state index contributed by atoms with van der Waals surface area (Å²) in [6.07, 6.45) is 10.3. The Balaban J connectivity index is 1.26. The molecule has 6 heterocycles. The highest BCUT2D eigenvalue weighted by atomic mass is 19.1. The number of H-pyrrole nitrogens is 1. The molecular formula is C33H40FN7O3. The van der Waals surface area contributed by atoms with E-state index in [-0.39, 0.29) is 28.9 Å². The third kappa shape index (κ3) is 4.62. The lowest BCUT2D eigenvalue weighted by Gasteiger charge is -2.38. The van der Waals surface area contributed by atoms with Gasteiger partial charge in [0.1, 0.15) is 23.6 Å². The van der Waals surface area contributed by atoms with Crippen molar-refractivity contribution in [1.29, 1.82) is 0 Å². The van der Waals surface area contributed by atoms with Crippen LogP contribution in [0.25, 0.3) is 33.1 Å². The number of pyridine rings is 1. The summed E-state index contributed by atoms with van der Waals surface area (Å²) in [4.78, 5) is 18.8. The first kappa shape index (κ1) is 28.1. The predicted octanol–water partition coefficient (Wildman–Crippen LogP) is 4.88. The average molecular weight is 602 g/mol. The molecule has 3 saturated heterocycles. The predicted molar refractivity (Wildman–Crippen MR) is 166 cm³/mol. The zero-order valence-corrected chi connectivity index (χ0v) is 25.7. The van der Waals surface area contributed by atoms with Crippen molar-refractivity contribution in [3.8, 4) is 17.3 Å². The molecule has 232 valence electrons. The van der Waals surface area contributed by atoms with Crippen LogP contribution in [0.2, 0.25) is 0 Å². The summed E-state index contributed by atoms with van der Waals surface area (Å²) in [6.45, 7) is 7.30. The number of hydrogen-bond acceptors (Lipinski definition) is 9. The maximum atomic E-state index is 17.0. The molecule has 4 aliphatic rings. The number of aryl methyl sites for hydroxylation is 1. The summed E-state index contributed by atoms with van der Waals surface area (Å²) < 4.78 is 29.1. The number of hydrogen-bond donors (Lipinski definition) is 2. The van der Waals surface area contributed by atoms with Crippen molar-refractivity contribution in [3.63, 3.8) is 0 Å². The second-order valence-corrected chi connectivity index (χ2v) is 13.7. The van der Waals surface area contributed by atoms with Gasteiger partial charge in [-0.2, -0.15) is 15.1 Å². The van der Waals surface area contributed by atoms with E-state index in [1.165, 1.54) is 0 Å². The Kier molecular flexibility index (Phi) is 6.59. The van der Waals surface area contributed by atoms with E-state index in [4.69, 9.17) is 24.4 Å². The third-order valence-corrected chi connectivity index (χ3v) is 10.4. The number of anilines is 1. The number of ether oxygens (including phenoxy) is 2. The first-order chi connectivity index (χ1) is 21.2. The number of β-amino-alcohol motifs (C(OH)–C–C–N with tert-alkyl or cyclic N) is 1. The fraction of sp³-hybridized carbons (Fsp3) is 0.576. The number of nitrogens with one attached hydrogen (secondary N) is 1. The lowest BCUT2D eigenvalue weighted by Crippen LogP contribution is -2.46. The zero-order chi connectivity index (χ0) is 30.2. The van der Waals surface area contributed by atoms with Gasteiger partial charge in [-0.15, -0.1) is 0 Å². The van der Waals surface area contributed by atoms with E-state index in [9.17, 15) is 5.11 Å². The van der Waals surface area contributed by atoms with Gasteiger partial charge in [-0.25, -0.2) is 4.39 Å². The van der Waals surface area contributed by atoms with Gasteiger partial charge < -0.3 is 19.5 Å². The molecule has 0 amide bonds. The van der Waals surface area contributed by atoms with E-state index in [1.54, 1.807) is 19.5 Å². The largest absolute Gasteiger partial charge is 0.461 e. The molecule has 11 heteroatoms. The minimum atomic E-state index is -0.877. The zero-order valence-electron chi connectivity index (χ0n) is 25.7. The van der Waals surface area contributed by atoms with Crippen molar-refractivity contribution in [2.24, 2.45) is 0 Å². The summed E-state index contributed by atoms with van der Waals surface area (Å²) in [7, 11) is 1.77.